The van der Waals surface area contributed by atoms with E-state index in [0.717, 1.165) is 12.8 Å². The van der Waals surface area contributed by atoms with Crippen LogP contribution in [0, 0.1) is 6.92 Å². The maximum Gasteiger partial charge on any atom is 0.335 e. The summed E-state index contributed by atoms with van der Waals surface area (Å²) in [7, 11) is 1.41. The van der Waals surface area contributed by atoms with Gasteiger partial charge in [0.25, 0.3) is 5.91 Å². The molecule has 198 valence electrons. The molecular formula is C25H28N8O5. The van der Waals surface area contributed by atoms with Crippen molar-refractivity contribution in [3.8, 4) is 5.75 Å². The zero-order valence-electron chi connectivity index (χ0n) is 21.0. The number of aromatic nitrogens is 4. The van der Waals surface area contributed by atoms with Gasteiger partial charge in [-0.3, -0.25) is 14.3 Å². The molecule has 2 aromatic heterocycles. The highest BCUT2D eigenvalue weighted by molar-refractivity contribution is 5.98. The Morgan fingerprint density at radius 3 is 2.58 bits per heavy atom. The molecule has 3 heterocycles. The number of aromatic carboxylic acids is 1. The SMILES string of the molecule is C=CC(=O)N1CCC(n2cc(Nc3ncc(C(N)=O)c(Nc4c(C)cc(C(=O)O)cc4OC)n3)cn2)CC1. The normalized spacial score (nSPS) is 13.6. The molecule has 0 saturated carbocycles. The average Bonchev–Trinajstić information content (AvgIpc) is 3.37. The quantitative estimate of drug-likeness (QED) is 0.307. The van der Waals surface area contributed by atoms with Gasteiger partial charge in [0.15, 0.2) is 0 Å². The predicted octanol–water partition coefficient (Wildman–Crippen LogP) is 2.62. The van der Waals surface area contributed by atoms with E-state index in [9.17, 15) is 19.5 Å². The smallest absolute Gasteiger partial charge is 0.335 e. The Hall–Kier alpha value is -4.94. The third kappa shape index (κ3) is 5.56. The lowest BCUT2D eigenvalue weighted by Crippen LogP contribution is -2.38. The Morgan fingerprint density at radius 1 is 1.21 bits per heavy atom. The van der Waals surface area contributed by atoms with Crippen molar-refractivity contribution >= 4 is 40.9 Å². The summed E-state index contributed by atoms with van der Waals surface area (Å²) in [6.07, 6.45) is 7.61. The number of benzene rings is 1. The number of hydrogen-bond acceptors (Lipinski definition) is 9. The number of anilines is 4. The van der Waals surface area contributed by atoms with Gasteiger partial charge in [0.2, 0.25) is 11.9 Å². The molecule has 4 rings (SSSR count). The minimum absolute atomic E-state index is 0.0378. The lowest BCUT2D eigenvalue weighted by Gasteiger charge is -2.31. The molecule has 13 heteroatoms. The third-order valence-corrected chi connectivity index (χ3v) is 6.25. The number of ether oxygens (including phenoxy) is 1. The highest BCUT2D eigenvalue weighted by Gasteiger charge is 2.23. The van der Waals surface area contributed by atoms with E-state index in [1.54, 1.807) is 18.0 Å². The monoisotopic (exact) mass is 520 g/mol. The van der Waals surface area contributed by atoms with Gasteiger partial charge in [-0.1, -0.05) is 6.58 Å². The lowest BCUT2D eigenvalue weighted by molar-refractivity contribution is -0.127. The maximum atomic E-state index is 12.1. The van der Waals surface area contributed by atoms with E-state index in [2.05, 4.69) is 32.3 Å². The number of aryl methyl sites for hydroxylation is 1. The number of amides is 2. The summed E-state index contributed by atoms with van der Waals surface area (Å²) in [6.45, 7) is 6.49. The van der Waals surface area contributed by atoms with Crippen LogP contribution in [0.3, 0.4) is 0 Å². The second kappa shape index (κ2) is 11.0. The number of carbonyl (C=O) groups excluding carboxylic acids is 2. The van der Waals surface area contributed by atoms with Crippen LogP contribution in [0.15, 0.2) is 43.4 Å². The van der Waals surface area contributed by atoms with Crippen molar-refractivity contribution in [1.29, 1.82) is 0 Å². The van der Waals surface area contributed by atoms with E-state index < -0.39 is 11.9 Å². The molecule has 5 N–H and O–H groups in total. The number of primary amides is 1. The number of likely N-dealkylation sites (tertiary alicyclic amines) is 1. The largest absolute Gasteiger partial charge is 0.495 e. The van der Waals surface area contributed by atoms with E-state index in [4.69, 9.17) is 10.5 Å². The van der Waals surface area contributed by atoms with Gasteiger partial charge in [-0.25, -0.2) is 9.78 Å². The first kappa shape index (κ1) is 26.1. The van der Waals surface area contributed by atoms with Crippen molar-refractivity contribution in [3.63, 3.8) is 0 Å². The van der Waals surface area contributed by atoms with Gasteiger partial charge < -0.3 is 31.1 Å². The zero-order chi connectivity index (χ0) is 27.4. The van der Waals surface area contributed by atoms with Crippen LogP contribution in [0.5, 0.6) is 5.75 Å². The number of carboxylic acids is 1. The first-order valence-electron chi connectivity index (χ1n) is 11.8. The summed E-state index contributed by atoms with van der Waals surface area (Å²) in [5, 5.41) is 19.9. The molecule has 0 aliphatic carbocycles. The van der Waals surface area contributed by atoms with Gasteiger partial charge in [-0.2, -0.15) is 10.1 Å². The zero-order valence-corrected chi connectivity index (χ0v) is 21.0. The van der Waals surface area contributed by atoms with Crippen molar-refractivity contribution in [2.45, 2.75) is 25.8 Å². The molecule has 2 amide bonds. The van der Waals surface area contributed by atoms with Crippen molar-refractivity contribution in [3.05, 3.63) is 60.1 Å². The Bertz CT molecular complexity index is 1390. The molecule has 0 spiro atoms. The van der Waals surface area contributed by atoms with Crippen molar-refractivity contribution in [1.82, 2.24) is 24.6 Å². The summed E-state index contributed by atoms with van der Waals surface area (Å²) in [5.41, 5.74) is 7.25. The molecule has 0 radical (unpaired) electrons. The molecule has 0 bridgehead atoms. The number of nitrogens with one attached hydrogen (secondary N) is 2. The molecule has 1 fully saturated rings. The minimum Gasteiger partial charge on any atom is -0.495 e. The van der Waals surface area contributed by atoms with Crippen molar-refractivity contribution in [2.75, 3.05) is 30.8 Å². The van der Waals surface area contributed by atoms with Crippen LogP contribution in [0.4, 0.5) is 23.1 Å². The van der Waals surface area contributed by atoms with Gasteiger partial charge in [0, 0.05) is 25.5 Å². The fourth-order valence-corrected chi connectivity index (χ4v) is 4.25. The lowest BCUT2D eigenvalue weighted by atomic mass is 10.1. The summed E-state index contributed by atoms with van der Waals surface area (Å²) >= 11 is 0. The number of hydrogen-bond donors (Lipinski definition) is 4. The number of carbonyl (C=O) groups is 3. The van der Waals surface area contributed by atoms with E-state index in [0.29, 0.717) is 30.0 Å². The van der Waals surface area contributed by atoms with Gasteiger partial charge in [-0.15, -0.1) is 0 Å². The van der Waals surface area contributed by atoms with Crippen LogP contribution in [-0.2, 0) is 4.79 Å². The molecular weight excluding hydrogens is 492 g/mol. The fraction of sp³-hybridized carbons (Fsp3) is 0.280. The number of methoxy groups -OCH3 is 1. The van der Waals surface area contributed by atoms with E-state index in [1.807, 2.05) is 10.9 Å². The summed E-state index contributed by atoms with van der Waals surface area (Å²) in [4.78, 5) is 45.7. The molecule has 1 aliphatic heterocycles. The summed E-state index contributed by atoms with van der Waals surface area (Å²) in [5.74, 6) is -1.35. The van der Waals surface area contributed by atoms with Crippen LogP contribution >= 0.6 is 0 Å². The molecule has 38 heavy (non-hydrogen) atoms. The second-order valence-electron chi connectivity index (χ2n) is 8.72. The van der Waals surface area contributed by atoms with E-state index >= 15 is 0 Å². The highest BCUT2D eigenvalue weighted by atomic mass is 16.5. The first-order valence-corrected chi connectivity index (χ1v) is 11.8. The molecule has 1 aromatic carbocycles. The van der Waals surface area contributed by atoms with Crippen LogP contribution in [0.2, 0.25) is 0 Å². The van der Waals surface area contributed by atoms with Gasteiger partial charge in [-0.05, 0) is 43.5 Å². The Kier molecular flexibility index (Phi) is 7.55. The second-order valence-corrected chi connectivity index (χ2v) is 8.72. The summed E-state index contributed by atoms with van der Waals surface area (Å²) in [6, 6.07) is 2.98. The molecule has 1 saturated heterocycles. The molecule has 13 nitrogen and oxygen atoms in total. The number of rotatable bonds is 9. The number of piperidine rings is 1. The van der Waals surface area contributed by atoms with E-state index in [-0.39, 0.29) is 40.6 Å². The number of nitrogens with zero attached hydrogens (tertiary/aromatic N) is 5. The van der Waals surface area contributed by atoms with Crippen LogP contribution < -0.4 is 21.1 Å². The minimum atomic E-state index is -1.10. The van der Waals surface area contributed by atoms with Crippen LogP contribution in [-0.4, -0.2) is 67.7 Å². The predicted molar refractivity (Wildman–Crippen MR) is 139 cm³/mol. The average molecular weight is 521 g/mol. The first-order chi connectivity index (χ1) is 18.2. The molecule has 0 unspecified atom stereocenters. The Labute approximate surface area is 218 Å². The Balaban J connectivity index is 1.54. The highest BCUT2D eigenvalue weighted by Crippen LogP contribution is 2.33. The van der Waals surface area contributed by atoms with Crippen LogP contribution in [0.25, 0.3) is 0 Å². The van der Waals surface area contributed by atoms with Gasteiger partial charge in [0.05, 0.1) is 36.3 Å². The number of nitrogens with two attached hydrogens (primary N) is 1. The number of carboxylic acid groups (broad SMARTS) is 1. The molecule has 0 atom stereocenters. The summed E-state index contributed by atoms with van der Waals surface area (Å²) < 4.78 is 7.20. The van der Waals surface area contributed by atoms with Gasteiger partial charge >= 0.3 is 5.97 Å². The van der Waals surface area contributed by atoms with Crippen molar-refractivity contribution in [2.24, 2.45) is 5.73 Å². The Morgan fingerprint density at radius 2 is 1.95 bits per heavy atom. The van der Waals surface area contributed by atoms with E-state index in [1.165, 1.54) is 31.5 Å². The third-order valence-electron chi connectivity index (χ3n) is 6.25. The molecule has 3 aromatic rings. The van der Waals surface area contributed by atoms with Crippen molar-refractivity contribution < 1.29 is 24.2 Å². The molecule has 1 aliphatic rings. The maximum absolute atomic E-state index is 12.1. The standard InChI is InChI=1S/C25H28N8O5/c1-4-20(34)32-7-5-17(6-8-32)33-13-16(11-28-33)29-25-27-12-18(22(26)35)23(31-25)30-21-14(2)9-15(24(36)37)10-19(21)38-3/h4,9-13,17H,1,5-8H2,2-3H3,(H2,26,35)(H,36,37)(H2,27,29,30,31). The van der Waals surface area contributed by atoms with Crippen LogP contribution in [0.1, 0.15) is 45.2 Å². The fourth-order valence-electron chi connectivity index (χ4n) is 4.25. The topological polar surface area (TPSA) is 178 Å². The van der Waals surface area contributed by atoms with Gasteiger partial charge in [0.1, 0.15) is 17.1 Å².